The highest BCUT2D eigenvalue weighted by atomic mass is 35.5. The number of pyridine rings is 1. The molecule has 0 saturated carbocycles. The van der Waals surface area contributed by atoms with Crippen molar-refractivity contribution in [1.82, 2.24) is 15.0 Å². The van der Waals surface area contributed by atoms with Gasteiger partial charge in [-0.05, 0) is 33.1 Å². The predicted octanol–water partition coefficient (Wildman–Crippen LogP) is 3.26. The molecule has 2 fully saturated rings. The zero-order chi connectivity index (χ0) is 21.5. The SMILES string of the molecule is C[C@@H]1OCC2(CCN(c3cnc(Sc4cncc(P(C)(C)=O)c4Cl)cn3)CC2)[C@@H]1N. The second kappa shape index (κ2) is 8.40. The molecule has 0 amide bonds. The van der Waals surface area contributed by atoms with E-state index in [0.717, 1.165) is 48.3 Å². The largest absolute Gasteiger partial charge is 0.376 e. The quantitative estimate of drug-likeness (QED) is 0.685. The molecule has 0 unspecified atom stereocenters. The molecule has 30 heavy (non-hydrogen) atoms. The molecule has 0 aromatic carbocycles. The van der Waals surface area contributed by atoms with Crippen molar-refractivity contribution >= 4 is 41.6 Å². The van der Waals surface area contributed by atoms with Gasteiger partial charge in [0.2, 0.25) is 0 Å². The average molecular weight is 468 g/mol. The summed E-state index contributed by atoms with van der Waals surface area (Å²) in [4.78, 5) is 16.3. The topological polar surface area (TPSA) is 94.2 Å². The van der Waals surface area contributed by atoms with Crippen LogP contribution in [0.1, 0.15) is 19.8 Å². The molecule has 2 aliphatic heterocycles. The zero-order valence-electron chi connectivity index (χ0n) is 17.4. The Morgan fingerprint density at radius 1 is 1.23 bits per heavy atom. The van der Waals surface area contributed by atoms with E-state index < -0.39 is 7.14 Å². The fourth-order valence-electron chi connectivity index (χ4n) is 4.15. The fraction of sp³-hybridized carbons (Fsp3) is 0.550. The molecule has 1 spiro atoms. The molecule has 4 rings (SSSR count). The van der Waals surface area contributed by atoms with Crippen molar-refractivity contribution in [3.8, 4) is 0 Å². The molecule has 2 N–H and O–H groups in total. The second-order valence-electron chi connectivity index (χ2n) is 8.53. The maximum Gasteiger partial charge on any atom is 0.147 e. The average Bonchev–Trinajstić information content (AvgIpc) is 2.99. The van der Waals surface area contributed by atoms with Crippen molar-refractivity contribution in [3.63, 3.8) is 0 Å². The lowest BCUT2D eigenvalue weighted by molar-refractivity contribution is 0.0974. The van der Waals surface area contributed by atoms with E-state index >= 15 is 0 Å². The highest BCUT2D eigenvalue weighted by Gasteiger charge is 2.47. The predicted molar refractivity (Wildman–Crippen MR) is 122 cm³/mol. The highest BCUT2D eigenvalue weighted by molar-refractivity contribution is 7.99. The fourth-order valence-corrected chi connectivity index (χ4v) is 6.74. The lowest BCUT2D eigenvalue weighted by atomic mass is 9.73. The number of ether oxygens (including phenoxy) is 1. The van der Waals surface area contributed by atoms with E-state index in [1.54, 1.807) is 38.1 Å². The molecule has 7 nitrogen and oxygen atoms in total. The number of hydrogen-bond donors (Lipinski definition) is 1. The van der Waals surface area contributed by atoms with Crippen molar-refractivity contribution in [3.05, 3.63) is 29.8 Å². The number of nitrogens with two attached hydrogens (primary N) is 1. The Hall–Kier alpha value is -1.18. The summed E-state index contributed by atoms with van der Waals surface area (Å²) in [6.45, 7) is 7.97. The molecule has 0 aliphatic carbocycles. The van der Waals surface area contributed by atoms with Crippen molar-refractivity contribution in [1.29, 1.82) is 0 Å². The van der Waals surface area contributed by atoms with Crippen LogP contribution in [0, 0.1) is 5.41 Å². The molecule has 10 heteroatoms. The molecular formula is C20H27ClN5O2PS. The summed E-state index contributed by atoms with van der Waals surface area (Å²) < 4.78 is 18.2. The van der Waals surface area contributed by atoms with Gasteiger partial charge in [0.25, 0.3) is 0 Å². The summed E-state index contributed by atoms with van der Waals surface area (Å²) in [6, 6.07) is 0.0974. The van der Waals surface area contributed by atoms with E-state index in [2.05, 4.69) is 26.8 Å². The molecule has 0 bridgehead atoms. The Bertz CT molecular complexity index is 962. The van der Waals surface area contributed by atoms with E-state index in [-0.39, 0.29) is 17.6 Å². The first-order chi connectivity index (χ1) is 14.2. The molecule has 0 radical (unpaired) electrons. The molecule has 162 valence electrons. The van der Waals surface area contributed by atoms with Gasteiger partial charge in [-0.1, -0.05) is 23.4 Å². The van der Waals surface area contributed by atoms with Gasteiger partial charge in [0, 0.05) is 42.2 Å². The minimum Gasteiger partial charge on any atom is -0.376 e. The van der Waals surface area contributed by atoms with Crippen LogP contribution >= 0.6 is 30.5 Å². The van der Waals surface area contributed by atoms with Gasteiger partial charge in [0.1, 0.15) is 18.0 Å². The highest BCUT2D eigenvalue weighted by Crippen LogP contribution is 2.42. The van der Waals surface area contributed by atoms with Gasteiger partial charge in [-0.25, -0.2) is 9.97 Å². The van der Waals surface area contributed by atoms with Crippen molar-refractivity contribution in [2.24, 2.45) is 11.1 Å². The van der Waals surface area contributed by atoms with Gasteiger partial charge in [-0.3, -0.25) is 4.98 Å². The number of halogens is 1. The van der Waals surface area contributed by atoms with Crippen molar-refractivity contribution < 1.29 is 9.30 Å². The summed E-state index contributed by atoms with van der Waals surface area (Å²) in [6.07, 6.45) is 8.91. The molecule has 2 aromatic rings. The van der Waals surface area contributed by atoms with Gasteiger partial charge in [0.15, 0.2) is 0 Å². The first kappa shape index (κ1) is 22.0. The Kier molecular flexibility index (Phi) is 6.17. The minimum atomic E-state index is -2.50. The Labute approximate surface area is 186 Å². The maximum absolute atomic E-state index is 12.4. The Balaban J connectivity index is 1.43. The number of hydrogen-bond acceptors (Lipinski definition) is 8. The number of rotatable bonds is 4. The smallest absolute Gasteiger partial charge is 0.147 e. The summed E-state index contributed by atoms with van der Waals surface area (Å²) >= 11 is 7.84. The molecule has 2 aromatic heterocycles. The molecule has 4 heterocycles. The van der Waals surface area contributed by atoms with Crippen LogP contribution in [0.4, 0.5) is 5.82 Å². The maximum atomic E-state index is 12.4. The van der Waals surface area contributed by atoms with Crippen LogP contribution in [-0.2, 0) is 9.30 Å². The third kappa shape index (κ3) is 4.26. The van der Waals surface area contributed by atoms with E-state index in [1.165, 1.54) is 11.8 Å². The number of anilines is 1. The van der Waals surface area contributed by atoms with Crippen LogP contribution in [-0.4, -0.2) is 60.1 Å². The van der Waals surface area contributed by atoms with Gasteiger partial charge >= 0.3 is 0 Å². The van der Waals surface area contributed by atoms with Gasteiger partial charge in [-0.2, -0.15) is 0 Å². The van der Waals surface area contributed by atoms with Crippen molar-refractivity contribution in [2.45, 2.75) is 41.8 Å². The number of nitrogens with zero attached hydrogens (tertiary/aromatic N) is 4. The number of aromatic nitrogens is 3. The summed E-state index contributed by atoms with van der Waals surface area (Å²) in [5.74, 6) is 0.860. The lowest BCUT2D eigenvalue weighted by Gasteiger charge is -2.41. The molecule has 2 aliphatic rings. The minimum absolute atomic E-state index is 0.0892. The number of piperidine rings is 1. The van der Waals surface area contributed by atoms with Crippen LogP contribution in [0.3, 0.4) is 0 Å². The van der Waals surface area contributed by atoms with Crippen LogP contribution < -0.4 is 15.9 Å². The third-order valence-electron chi connectivity index (χ3n) is 6.17. The van der Waals surface area contributed by atoms with Crippen LogP contribution in [0.5, 0.6) is 0 Å². The first-order valence-corrected chi connectivity index (χ1v) is 13.8. The standard InChI is InChI=1S/C20H27ClN5O2PS/c1-13-19(22)20(12-28-13)4-6-26(7-5-20)16-10-25-17(11-24-16)30-15-9-23-8-14(18(15)21)29(2,3)27/h8-11,13,19H,4-7,12,22H2,1-3H3/t13-,19+/m0/s1. The van der Waals surface area contributed by atoms with E-state index in [9.17, 15) is 4.57 Å². The summed E-state index contributed by atoms with van der Waals surface area (Å²) in [7, 11) is -2.50. The first-order valence-electron chi connectivity index (χ1n) is 10.0. The van der Waals surface area contributed by atoms with Crippen LogP contribution in [0.25, 0.3) is 0 Å². The molecule has 2 atom stereocenters. The Morgan fingerprint density at radius 3 is 2.53 bits per heavy atom. The van der Waals surface area contributed by atoms with Gasteiger partial charge in [0.05, 0.1) is 35.0 Å². The summed E-state index contributed by atoms with van der Waals surface area (Å²) in [5.41, 5.74) is 6.50. The second-order valence-corrected chi connectivity index (χ2v) is 13.2. The monoisotopic (exact) mass is 467 g/mol. The zero-order valence-corrected chi connectivity index (χ0v) is 19.9. The lowest BCUT2D eigenvalue weighted by Crippen LogP contribution is -2.50. The third-order valence-corrected chi connectivity index (χ3v) is 9.27. The van der Waals surface area contributed by atoms with Crippen molar-refractivity contribution in [2.75, 3.05) is 37.9 Å². The van der Waals surface area contributed by atoms with Gasteiger partial charge < -0.3 is 19.9 Å². The van der Waals surface area contributed by atoms with E-state index in [0.29, 0.717) is 10.3 Å². The van der Waals surface area contributed by atoms with Gasteiger partial charge in [-0.15, -0.1) is 0 Å². The van der Waals surface area contributed by atoms with Crippen LogP contribution in [0.15, 0.2) is 34.7 Å². The molecule has 2 saturated heterocycles. The summed E-state index contributed by atoms with van der Waals surface area (Å²) in [5, 5.41) is 1.78. The molecular weight excluding hydrogens is 441 g/mol. The normalized spacial score (nSPS) is 23.8. The van der Waals surface area contributed by atoms with E-state index in [1.807, 2.05) is 0 Å². The Morgan fingerprint density at radius 2 is 1.97 bits per heavy atom. The van der Waals surface area contributed by atoms with E-state index in [4.69, 9.17) is 22.1 Å². The van der Waals surface area contributed by atoms with Crippen LogP contribution in [0.2, 0.25) is 5.02 Å².